The average molecular weight is 232 g/mol. The smallest absolute Gasteiger partial charge is 0.220 e. The number of nitrogens with zero attached hydrogens (tertiary/aromatic N) is 2. The molecule has 0 saturated heterocycles. The largest absolute Gasteiger partial charge is 0.288 e. The fourth-order valence-electron chi connectivity index (χ4n) is 1.91. The Morgan fingerprint density at radius 2 is 1.33 bits per heavy atom. The van der Waals surface area contributed by atoms with Crippen LogP contribution in [0.5, 0.6) is 0 Å². The second kappa shape index (κ2) is 7.21. The molecule has 0 unspecified atom stereocenters. The topological polar surface area (TPSA) is 23.6 Å². The third-order valence-corrected chi connectivity index (χ3v) is 6.34. The summed E-state index contributed by atoms with van der Waals surface area (Å²) < 4.78 is 17.1. The van der Waals surface area contributed by atoms with Gasteiger partial charge in [0, 0.05) is 32.3 Å². The molecule has 0 N–H and O–H groups in total. The van der Waals surface area contributed by atoms with Crippen molar-refractivity contribution >= 4 is 7.44 Å². The second-order valence-corrected chi connectivity index (χ2v) is 6.24. The number of hydrogen-bond donors (Lipinski definition) is 0. The minimum absolute atomic E-state index is 0.580. The molecule has 0 aliphatic heterocycles. The molecule has 0 aromatic heterocycles. The summed E-state index contributed by atoms with van der Waals surface area (Å²) in [4.78, 5) is 0. The predicted octanol–water partition coefficient (Wildman–Crippen LogP) is 3.05. The van der Waals surface area contributed by atoms with Gasteiger partial charge in [-0.3, -0.25) is 4.57 Å². The zero-order valence-electron chi connectivity index (χ0n) is 10.6. The first-order valence-electron chi connectivity index (χ1n) is 5.81. The lowest BCUT2D eigenvalue weighted by atomic mass is 10.7. The van der Waals surface area contributed by atoms with Crippen molar-refractivity contribution in [2.75, 3.05) is 32.3 Å². The normalized spacial score (nSPS) is 12.4. The molecule has 0 aliphatic carbocycles. The molecule has 0 spiro atoms. The van der Waals surface area contributed by atoms with Crippen molar-refractivity contribution in [1.82, 2.24) is 9.34 Å². The molecule has 0 aliphatic rings. The van der Waals surface area contributed by atoms with E-state index in [0.29, 0.717) is 6.16 Å². The average Bonchev–Trinajstić information content (AvgIpc) is 2.21. The highest BCUT2D eigenvalue weighted by Gasteiger charge is 2.32. The zero-order valence-corrected chi connectivity index (χ0v) is 11.5. The van der Waals surface area contributed by atoms with Gasteiger partial charge in [0.1, 0.15) is 0 Å². The Bertz CT molecular complexity index is 207. The third-order valence-electron chi connectivity index (χ3n) is 2.71. The Morgan fingerprint density at radius 3 is 1.53 bits per heavy atom. The van der Waals surface area contributed by atoms with Crippen LogP contribution in [0, 0.1) is 0 Å². The Labute approximate surface area is 94.6 Å². The Hall–Kier alpha value is -0.110. The van der Waals surface area contributed by atoms with Gasteiger partial charge in [-0.2, -0.15) is 0 Å². The van der Waals surface area contributed by atoms with Gasteiger partial charge in [-0.1, -0.05) is 33.8 Å². The van der Waals surface area contributed by atoms with Gasteiger partial charge in [0.2, 0.25) is 7.44 Å². The van der Waals surface area contributed by atoms with E-state index in [2.05, 4.69) is 43.6 Å². The van der Waals surface area contributed by atoms with Crippen molar-refractivity contribution in [2.45, 2.75) is 27.7 Å². The summed E-state index contributed by atoms with van der Waals surface area (Å²) in [6.07, 6.45) is 2.35. The summed E-state index contributed by atoms with van der Waals surface area (Å²) >= 11 is 0. The molecule has 0 bridgehead atoms. The summed E-state index contributed by atoms with van der Waals surface area (Å²) in [7, 11) is -2.39. The SMILES string of the molecule is C=CCP(=O)(N(CC)CC)N(CC)CC. The quantitative estimate of drug-likeness (QED) is 0.474. The fourth-order valence-corrected chi connectivity index (χ4v) is 4.83. The van der Waals surface area contributed by atoms with Crippen molar-refractivity contribution in [3.05, 3.63) is 12.7 Å². The summed E-state index contributed by atoms with van der Waals surface area (Å²) in [5.74, 6) is 0. The van der Waals surface area contributed by atoms with Crippen LogP contribution in [0.15, 0.2) is 12.7 Å². The first kappa shape index (κ1) is 14.9. The van der Waals surface area contributed by atoms with Crippen LogP contribution in [-0.4, -0.2) is 41.7 Å². The van der Waals surface area contributed by atoms with Crippen LogP contribution >= 0.6 is 7.44 Å². The van der Waals surface area contributed by atoms with E-state index in [1.54, 1.807) is 6.08 Å². The molecule has 0 amide bonds. The van der Waals surface area contributed by atoms with Crippen molar-refractivity contribution in [2.24, 2.45) is 0 Å². The zero-order chi connectivity index (χ0) is 11.9. The maximum atomic E-state index is 12.9. The van der Waals surface area contributed by atoms with Crippen LogP contribution in [0.1, 0.15) is 27.7 Å². The predicted molar refractivity (Wildman–Crippen MR) is 68.5 cm³/mol. The van der Waals surface area contributed by atoms with Crippen molar-refractivity contribution in [1.29, 1.82) is 0 Å². The summed E-state index contributed by atoms with van der Waals surface area (Å²) in [6.45, 7) is 15.3. The van der Waals surface area contributed by atoms with Crippen LogP contribution < -0.4 is 0 Å². The molecular weight excluding hydrogens is 207 g/mol. The lowest BCUT2D eigenvalue weighted by molar-refractivity contribution is 0.362. The van der Waals surface area contributed by atoms with Crippen LogP contribution in [-0.2, 0) is 4.57 Å². The molecule has 0 rings (SSSR count). The van der Waals surface area contributed by atoms with Crippen LogP contribution in [0.2, 0.25) is 0 Å². The first-order valence-corrected chi connectivity index (χ1v) is 7.61. The molecule has 0 aromatic rings. The summed E-state index contributed by atoms with van der Waals surface area (Å²) in [5.41, 5.74) is 0. The van der Waals surface area contributed by atoms with Crippen molar-refractivity contribution in [3.8, 4) is 0 Å². The van der Waals surface area contributed by atoms with Crippen molar-refractivity contribution in [3.63, 3.8) is 0 Å². The first-order chi connectivity index (χ1) is 7.10. The molecule has 15 heavy (non-hydrogen) atoms. The van der Waals surface area contributed by atoms with Gasteiger partial charge in [0.25, 0.3) is 0 Å². The highest BCUT2D eigenvalue weighted by molar-refractivity contribution is 7.59. The van der Waals surface area contributed by atoms with E-state index in [1.807, 2.05) is 0 Å². The van der Waals surface area contributed by atoms with Crippen LogP contribution in [0.4, 0.5) is 0 Å². The Balaban J connectivity index is 5.00. The molecule has 0 aromatic carbocycles. The molecule has 3 nitrogen and oxygen atoms in total. The lowest BCUT2D eigenvalue weighted by Crippen LogP contribution is -2.33. The maximum Gasteiger partial charge on any atom is 0.220 e. The highest BCUT2D eigenvalue weighted by Crippen LogP contribution is 2.52. The van der Waals surface area contributed by atoms with E-state index in [4.69, 9.17) is 0 Å². The highest BCUT2D eigenvalue weighted by atomic mass is 31.2. The molecule has 0 saturated carbocycles. The van der Waals surface area contributed by atoms with E-state index in [-0.39, 0.29) is 0 Å². The monoisotopic (exact) mass is 232 g/mol. The summed E-state index contributed by atoms with van der Waals surface area (Å²) in [5, 5.41) is 0. The summed E-state index contributed by atoms with van der Waals surface area (Å²) in [6, 6.07) is 0. The Morgan fingerprint density at radius 1 is 1.00 bits per heavy atom. The molecule has 0 fully saturated rings. The van der Waals surface area contributed by atoms with Gasteiger partial charge in [-0.05, 0) is 0 Å². The van der Waals surface area contributed by atoms with E-state index in [0.717, 1.165) is 26.2 Å². The number of allylic oxidation sites excluding steroid dienone is 1. The fraction of sp³-hybridized carbons (Fsp3) is 0.818. The van der Waals surface area contributed by atoms with Gasteiger partial charge in [0.05, 0.1) is 0 Å². The molecule has 90 valence electrons. The van der Waals surface area contributed by atoms with E-state index in [9.17, 15) is 4.57 Å². The van der Waals surface area contributed by atoms with E-state index < -0.39 is 7.44 Å². The maximum absolute atomic E-state index is 12.9. The van der Waals surface area contributed by atoms with Crippen LogP contribution in [0.25, 0.3) is 0 Å². The van der Waals surface area contributed by atoms with Crippen molar-refractivity contribution < 1.29 is 4.57 Å². The lowest BCUT2D eigenvalue weighted by Gasteiger charge is -2.37. The van der Waals surface area contributed by atoms with Gasteiger partial charge >= 0.3 is 0 Å². The van der Waals surface area contributed by atoms with E-state index >= 15 is 0 Å². The molecule has 0 atom stereocenters. The minimum atomic E-state index is -2.39. The standard InChI is InChI=1S/C11H25N2OP/c1-6-11-15(14,12(7-2)8-3)13(9-4)10-5/h6H,1,7-11H2,2-5H3. The van der Waals surface area contributed by atoms with Gasteiger partial charge in [0.15, 0.2) is 0 Å². The van der Waals surface area contributed by atoms with Gasteiger partial charge in [-0.15, -0.1) is 6.58 Å². The minimum Gasteiger partial charge on any atom is -0.288 e. The molecule has 0 radical (unpaired) electrons. The van der Waals surface area contributed by atoms with Gasteiger partial charge in [-0.25, -0.2) is 9.34 Å². The van der Waals surface area contributed by atoms with Gasteiger partial charge < -0.3 is 0 Å². The molecular formula is C11H25N2OP. The molecule has 0 heterocycles. The molecule has 4 heteroatoms. The van der Waals surface area contributed by atoms with Crippen LogP contribution in [0.3, 0.4) is 0 Å². The Kier molecular flexibility index (Phi) is 7.16. The second-order valence-electron chi connectivity index (χ2n) is 3.41. The third kappa shape index (κ3) is 3.44. The van der Waals surface area contributed by atoms with E-state index in [1.165, 1.54) is 0 Å². The number of rotatable bonds is 8. The number of hydrogen-bond acceptors (Lipinski definition) is 1.